The fraction of sp³-hybridized carbons (Fsp3) is 0.357. The Labute approximate surface area is 123 Å². The van der Waals surface area contributed by atoms with Crippen LogP contribution in [0.25, 0.3) is 6.08 Å². The molecule has 5 nitrogen and oxygen atoms in total. The molecule has 0 aliphatic rings. The van der Waals surface area contributed by atoms with Crippen molar-refractivity contribution >= 4 is 22.1 Å². The van der Waals surface area contributed by atoms with Gasteiger partial charge in [-0.3, -0.25) is 0 Å². The van der Waals surface area contributed by atoms with Gasteiger partial charge in [0.05, 0.1) is 5.75 Å². The molecule has 0 saturated carbocycles. The minimum Gasteiger partial charge on any atom is -0.478 e. The predicted octanol–water partition coefficient (Wildman–Crippen LogP) is 2.00. The predicted molar refractivity (Wildman–Crippen MR) is 78.5 cm³/mol. The molecule has 0 unspecified atom stereocenters. The van der Waals surface area contributed by atoms with Gasteiger partial charge in [-0.1, -0.05) is 19.9 Å². The van der Waals surface area contributed by atoms with Crippen molar-refractivity contribution in [2.75, 3.05) is 5.75 Å². The summed E-state index contributed by atoms with van der Waals surface area (Å²) in [6.07, 6.45) is 2.24. The van der Waals surface area contributed by atoms with Crippen molar-refractivity contribution in [1.29, 1.82) is 0 Å². The first-order valence-electron chi connectivity index (χ1n) is 6.36. The van der Waals surface area contributed by atoms with Gasteiger partial charge in [0.25, 0.3) is 0 Å². The van der Waals surface area contributed by atoms with Gasteiger partial charge in [0.15, 0.2) is 0 Å². The van der Waals surface area contributed by atoms with E-state index in [2.05, 4.69) is 4.72 Å². The number of halogens is 1. The van der Waals surface area contributed by atoms with Crippen LogP contribution in [0.15, 0.2) is 24.3 Å². The molecule has 0 aliphatic carbocycles. The monoisotopic (exact) mass is 315 g/mol. The van der Waals surface area contributed by atoms with Crippen molar-refractivity contribution in [3.05, 3.63) is 41.2 Å². The van der Waals surface area contributed by atoms with Gasteiger partial charge < -0.3 is 5.11 Å². The highest BCUT2D eigenvalue weighted by Gasteiger charge is 2.13. The molecule has 21 heavy (non-hydrogen) atoms. The molecule has 2 N–H and O–H groups in total. The van der Waals surface area contributed by atoms with Gasteiger partial charge in [0.1, 0.15) is 5.82 Å². The fourth-order valence-electron chi connectivity index (χ4n) is 1.69. The highest BCUT2D eigenvalue weighted by molar-refractivity contribution is 7.89. The van der Waals surface area contributed by atoms with E-state index in [1.807, 2.05) is 0 Å². The molecule has 7 heteroatoms. The van der Waals surface area contributed by atoms with Gasteiger partial charge >= 0.3 is 5.97 Å². The third kappa shape index (κ3) is 6.50. The number of hydrogen-bond acceptors (Lipinski definition) is 3. The lowest BCUT2D eigenvalue weighted by atomic mass is 10.1. The number of aliphatic carboxylic acids is 1. The van der Waals surface area contributed by atoms with Crippen molar-refractivity contribution in [3.63, 3.8) is 0 Å². The molecule has 0 fully saturated rings. The minimum atomic E-state index is -3.46. The van der Waals surface area contributed by atoms with Crippen LogP contribution in [0, 0.1) is 11.7 Å². The SMILES string of the molecule is CC(C)CS(=O)(=O)NCc1cc(C=CC(=O)O)ccc1F. The molecular formula is C14H18FNO4S. The van der Waals surface area contributed by atoms with Crippen LogP contribution in [-0.2, 0) is 21.4 Å². The number of sulfonamides is 1. The van der Waals surface area contributed by atoms with E-state index < -0.39 is 21.8 Å². The van der Waals surface area contributed by atoms with Crippen LogP contribution in [0.1, 0.15) is 25.0 Å². The lowest BCUT2D eigenvalue weighted by molar-refractivity contribution is -0.131. The highest BCUT2D eigenvalue weighted by atomic mass is 32.2. The van der Waals surface area contributed by atoms with E-state index in [1.165, 1.54) is 24.3 Å². The molecule has 1 rings (SSSR count). The van der Waals surface area contributed by atoms with Gasteiger partial charge in [-0.05, 0) is 29.7 Å². The van der Waals surface area contributed by atoms with E-state index in [4.69, 9.17) is 5.11 Å². The van der Waals surface area contributed by atoms with Crippen molar-refractivity contribution in [1.82, 2.24) is 4.72 Å². The number of hydrogen-bond donors (Lipinski definition) is 2. The summed E-state index contributed by atoms with van der Waals surface area (Å²) >= 11 is 0. The molecule has 0 radical (unpaired) electrons. The summed E-state index contributed by atoms with van der Waals surface area (Å²) in [7, 11) is -3.46. The zero-order valence-electron chi connectivity index (χ0n) is 11.8. The van der Waals surface area contributed by atoms with Crippen LogP contribution in [0.2, 0.25) is 0 Å². The lowest BCUT2D eigenvalue weighted by Gasteiger charge is -2.10. The molecule has 0 aliphatic heterocycles. The van der Waals surface area contributed by atoms with Crippen molar-refractivity contribution in [3.8, 4) is 0 Å². The Morgan fingerprint density at radius 3 is 2.67 bits per heavy atom. The number of carbonyl (C=O) groups is 1. The molecule has 1 aromatic carbocycles. The Kier molecular flexibility index (Phi) is 6.04. The Morgan fingerprint density at radius 1 is 1.43 bits per heavy atom. The molecular weight excluding hydrogens is 297 g/mol. The molecule has 0 saturated heterocycles. The molecule has 0 bridgehead atoms. The van der Waals surface area contributed by atoms with Crippen LogP contribution >= 0.6 is 0 Å². The van der Waals surface area contributed by atoms with Gasteiger partial charge in [0, 0.05) is 18.2 Å². The van der Waals surface area contributed by atoms with E-state index in [9.17, 15) is 17.6 Å². The standard InChI is InChI=1S/C14H18FNO4S/c1-10(2)9-21(19,20)16-8-12-7-11(3-5-13(12)15)4-6-14(17)18/h3-7,10,16H,8-9H2,1-2H3,(H,17,18). The molecule has 116 valence electrons. The first kappa shape index (κ1) is 17.3. The summed E-state index contributed by atoms with van der Waals surface area (Å²) in [4.78, 5) is 10.4. The topological polar surface area (TPSA) is 83.5 Å². The van der Waals surface area contributed by atoms with Crippen LogP contribution < -0.4 is 4.72 Å². The molecule has 0 spiro atoms. The average molecular weight is 315 g/mol. The summed E-state index contributed by atoms with van der Waals surface area (Å²) in [6.45, 7) is 3.38. The number of carboxylic acids is 1. The Balaban J connectivity index is 2.83. The number of rotatable bonds is 7. The smallest absolute Gasteiger partial charge is 0.328 e. The summed E-state index contributed by atoms with van der Waals surface area (Å²) < 4.78 is 39.4. The van der Waals surface area contributed by atoms with E-state index in [0.29, 0.717) is 5.56 Å². The third-order valence-electron chi connectivity index (χ3n) is 2.52. The Bertz CT molecular complexity index is 638. The van der Waals surface area contributed by atoms with Crippen LogP contribution in [0.4, 0.5) is 4.39 Å². The zero-order chi connectivity index (χ0) is 16.0. The lowest BCUT2D eigenvalue weighted by Crippen LogP contribution is -2.28. The number of benzene rings is 1. The quantitative estimate of drug-likeness (QED) is 0.754. The van der Waals surface area contributed by atoms with E-state index in [0.717, 1.165) is 6.08 Å². The first-order chi connectivity index (χ1) is 9.69. The largest absolute Gasteiger partial charge is 0.478 e. The number of nitrogens with one attached hydrogen (secondary N) is 1. The van der Waals surface area contributed by atoms with Crippen LogP contribution in [0.5, 0.6) is 0 Å². The molecule has 0 atom stereocenters. The summed E-state index contributed by atoms with van der Waals surface area (Å²) in [6, 6.07) is 4.00. The van der Waals surface area contributed by atoms with Crippen LogP contribution in [0.3, 0.4) is 0 Å². The fourth-order valence-corrected chi connectivity index (χ4v) is 3.06. The minimum absolute atomic E-state index is 0.0304. The average Bonchev–Trinajstić information content (AvgIpc) is 2.34. The number of carboxylic acid groups (broad SMARTS) is 1. The highest BCUT2D eigenvalue weighted by Crippen LogP contribution is 2.12. The zero-order valence-corrected chi connectivity index (χ0v) is 12.7. The third-order valence-corrected chi connectivity index (χ3v) is 4.21. The van der Waals surface area contributed by atoms with Gasteiger partial charge in [-0.25, -0.2) is 22.3 Å². The maximum atomic E-state index is 13.6. The molecule has 0 amide bonds. The Morgan fingerprint density at radius 2 is 2.10 bits per heavy atom. The van der Waals surface area contributed by atoms with E-state index >= 15 is 0 Å². The molecule has 1 aromatic rings. The summed E-state index contributed by atoms with van der Waals surface area (Å²) in [5, 5.41) is 8.54. The van der Waals surface area contributed by atoms with Gasteiger partial charge in [-0.15, -0.1) is 0 Å². The van der Waals surface area contributed by atoms with E-state index in [-0.39, 0.29) is 23.8 Å². The first-order valence-corrected chi connectivity index (χ1v) is 8.01. The Hall–Kier alpha value is -1.73. The summed E-state index contributed by atoms with van der Waals surface area (Å²) in [5.74, 6) is -1.72. The van der Waals surface area contributed by atoms with Crippen molar-refractivity contribution in [2.24, 2.45) is 5.92 Å². The second-order valence-electron chi connectivity index (χ2n) is 5.02. The van der Waals surface area contributed by atoms with Crippen LogP contribution in [-0.4, -0.2) is 25.2 Å². The van der Waals surface area contributed by atoms with Gasteiger partial charge in [0.2, 0.25) is 10.0 Å². The second kappa shape index (κ2) is 7.33. The maximum Gasteiger partial charge on any atom is 0.328 e. The van der Waals surface area contributed by atoms with Gasteiger partial charge in [-0.2, -0.15) is 0 Å². The second-order valence-corrected chi connectivity index (χ2v) is 6.87. The molecule has 0 heterocycles. The van der Waals surface area contributed by atoms with E-state index in [1.54, 1.807) is 13.8 Å². The normalized spacial score (nSPS) is 12.2. The maximum absolute atomic E-state index is 13.6. The summed E-state index contributed by atoms with van der Waals surface area (Å²) in [5.41, 5.74) is 0.645. The van der Waals surface area contributed by atoms with Crippen molar-refractivity contribution < 1.29 is 22.7 Å². The molecule has 0 aromatic heterocycles. The van der Waals surface area contributed by atoms with Crippen molar-refractivity contribution in [2.45, 2.75) is 20.4 Å².